The molecule has 0 radical (unpaired) electrons. The fourth-order valence-electron chi connectivity index (χ4n) is 2.60. The third-order valence-electron chi connectivity index (χ3n) is 3.61. The molecule has 104 valence electrons. The molecule has 2 aromatic carbocycles. The number of fused-ring (bicyclic) bond motifs is 2. The Hall–Kier alpha value is -2.27. The maximum atomic E-state index is 13.6. The highest BCUT2D eigenvalue weighted by Crippen LogP contribution is 2.28. The second-order valence-electron chi connectivity index (χ2n) is 4.93. The van der Waals surface area contributed by atoms with Crippen molar-refractivity contribution in [3.05, 3.63) is 59.4 Å². The van der Waals surface area contributed by atoms with Gasteiger partial charge in [0.05, 0.1) is 15.9 Å². The number of hydrogen-bond acceptors (Lipinski definition) is 4. The molecule has 0 spiro atoms. The number of halogens is 1. The summed E-state index contributed by atoms with van der Waals surface area (Å²) in [6.07, 6.45) is 1.94. The summed E-state index contributed by atoms with van der Waals surface area (Å²) in [5.74, 6) is -0.239. The molecular weight excluding hydrogens is 285 g/mol. The zero-order valence-corrected chi connectivity index (χ0v) is 12.0. The molecule has 3 nitrogen and oxygen atoms in total. The number of hydrazone groups is 1. The normalized spacial score (nSPS) is 15.6. The van der Waals surface area contributed by atoms with Crippen LogP contribution in [0.3, 0.4) is 0 Å². The van der Waals surface area contributed by atoms with E-state index in [-0.39, 0.29) is 5.82 Å². The van der Waals surface area contributed by atoms with E-state index in [2.05, 4.69) is 27.6 Å². The quantitative estimate of drug-likeness (QED) is 0.720. The average Bonchev–Trinajstić information content (AvgIpc) is 3.09. The molecule has 21 heavy (non-hydrogen) atoms. The van der Waals surface area contributed by atoms with Crippen LogP contribution in [0.2, 0.25) is 0 Å². The highest BCUT2D eigenvalue weighted by molar-refractivity contribution is 7.22. The summed E-state index contributed by atoms with van der Waals surface area (Å²) in [5.41, 5.74) is 7.19. The molecule has 0 amide bonds. The minimum absolute atomic E-state index is 0.239. The third kappa shape index (κ3) is 2.19. The minimum atomic E-state index is -0.239. The van der Waals surface area contributed by atoms with Crippen LogP contribution in [0.5, 0.6) is 0 Å². The van der Waals surface area contributed by atoms with Crippen molar-refractivity contribution in [2.75, 3.05) is 5.43 Å². The summed E-state index contributed by atoms with van der Waals surface area (Å²) < 4.78 is 14.2. The number of aromatic nitrogens is 1. The molecule has 0 saturated heterocycles. The molecule has 0 atom stereocenters. The SMILES string of the molecule is Fc1cccc2nc(N/N=C3/CCc4ccccc43)sc12. The number of nitrogens with zero attached hydrogens (tertiary/aromatic N) is 2. The highest BCUT2D eigenvalue weighted by Gasteiger charge is 2.17. The molecule has 1 heterocycles. The number of nitrogens with one attached hydrogen (secondary N) is 1. The number of benzene rings is 2. The molecule has 0 fully saturated rings. The van der Waals surface area contributed by atoms with E-state index < -0.39 is 0 Å². The van der Waals surface area contributed by atoms with E-state index in [0.29, 0.717) is 15.3 Å². The number of anilines is 1. The van der Waals surface area contributed by atoms with Crippen molar-refractivity contribution in [3.8, 4) is 0 Å². The maximum Gasteiger partial charge on any atom is 0.204 e. The van der Waals surface area contributed by atoms with Crippen LogP contribution in [0, 0.1) is 5.82 Å². The van der Waals surface area contributed by atoms with Gasteiger partial charge in [-0.3, -0.25) is 5.43 Å². The summed E-state index contributed by atoms with van der Waals surface area (Å²) >= 11 is 1.28. The second kappa shape index (κ2) is 4.93. The lowest BCUT2D eigenvalue weighted by Gasteiger charge is -1.99. The van der Waals surface area contributed by atoms with Gasteiger partial charge in [0.15, 0.2) is 0 Å². The Morgan fingerprint density at radius 1 is 1.10 bits per heavy atom. The zero-order valence-electron chi connectivity index (χ0n) is 11.1. The average molecular weight is 297 g/mol. The topological polar surface area (TPSA) is 37.3 Å². The van der Waals surface area contributed by atoms with Crippen molar-refractivity contribution in [2.24, 2.45) is 5.10 Å². The van der Waals surface area contributed by atoms with Gasteiger partial charge in [-0.2, -0.15) is 5.10 Å². The van der Waals surface area contributed by atoms with Gasteiger partial charge >= 0.3 is 0 Å². The Bertz CT molecular complexity index is 854. The Labute approximate surface area is 125 Å². The van der Waals surface area contributed by atoms with E-state index in [9.17, 15) is 4.39 Å². The molecular formula is C16H12FN3S. The molecule has 5 heteroatoms. The van der Waals surface area contributed by atoms with Crippen molar-refractivity contribution >= 4 is 32.4 Å². The first-order chi connectivity index (χ1) is 10.3. The van der Waals surface area contributed by atoms with Crippen LogP contribution in [0.4, 0.5) is 9.52 Å². The van der Waals surface area contributed by atoms with Gasteiger partial charge in [-0.1, -0.05) is 41.7 Å². The van der Waals surface area contributed by atoms with E-state index in [1.807, 2.05) is 12.1 Å². The van der Waals surface area contributed by atoms with Crippen LogP contribution in [0.25, 0.3) is 10.2 Å². The molecule has 1 aliphatic carbocycles. The van der Waals surface area contributed by atoms with Gasteiger partial charge in [-0.25, -0.2) is 9.37 Å². The Morgan fingerprint density at radius 3 is 2.90 bits per heavy atom. The minimum Gasteiger partial charge on any atom is -0.252 e. The monoisotopic (exact) mass is 297 g/mol. The lowest BCUT2D eigenvalue weighted by atomic mass is 10.1. The summed E-state index contributed by atoms with van der Waals surface area (Å²) in [6, 6.07) is 13.2. The van der Waals surface area contributed by atoms with Crippen LogP contribution in [0.15, 0.2) is 47.6 Å². The van der Waals surface area contributed by atoms with Crippen molar-refractivity contribution in [1.82, 2.24) is 4.98 Å². The van der Waals surface area contributed by atoms with Crippen LogP contribution < -0.4 is 5.43 Å². The zero-order chi connectivity index (χ0) is 14.2. The smallest absolute Gasteiger partial charge is 0.204 e. The number of rotatable bonds is 2. The lowest BCUT2D eigenvalue weighted by Crippen LogP contribution is -1.99. The Balaban J connectivity index is 1.64. The predicted octanol–water partition coefficient (Wildman–Crippen LogP) is 4.20. The predicted molar refractivity (Wildman–Crippen MR) is 84.5 cm³/mol. The van der Waals surface area contributed by atoms with Crippen LogP contribution in [-0.4, -0.2) is 10.7 Å². The highest BCUT2D eigenvalue weighted by atomic mass is 32.1. The molecule has 3 aromatic rings. The lowest BCUT2D eigenvalue weighted by molar-refractivity contribution is 0.641. The standard InChI is InChI=1S/C16H12FN3S/c17-12-6-3-7-14-15(12)21-16(18-14)20-19-13-9-8-10-4-1-2-5-11(10)13/h1-7H,8-9H2,(H,18,20)/b19-13-. The van der Waals surface area contributed by atoms with E-state index in [4.69, 9.17) is 0 Å². The first-order valence-corrected chi connectivity index (χ1v) is 7.59. The summed E-state index contributed by atoms with van der Waals surface area (Å²) in [7, 11) is 0. The molecule has 4 rings (SSSR count). The molecule has 0 bridgehead atoms. The van der Waals surface area contributed by atoms with Crippen LogP contribution in [-0.2, 0) is 6.42 Å². The van der Waals surface area contributed by atoms with Gasteiger partial charge in [0, 0.05) is 5.56 Å². The maximum absolute atomic E-state index is 13.6. The van der Waals surface area contributed by atoms with Gasteiger partial charge in [-0.15, -0.1) is 0 Å². The van der Waals surface area contributed by atoms with E-state index >= 15 is 0 Å². The molecule has 0 aliphatic heterocycles. The number of aryl methyl sites for hydroxylation is 1. The van der Waals surface area contributed by atoms with E-state index in [0.717, 1.165) is 18.6 Å². The summed E-state index contributed by atoms with van der Waals surface area (Å²) in [6.45, 7) is 0. The van der Waals surface area contributed by atoms with Crippen molar-refractivity contribution in [3.63, 3.8) is 0 Å². The summed E-state index contributed by atoms with van der Waals surface area (Å²) in [4.78, 5) is 4.35. The molecule has 0 unspecified atom stereocenters. The molecule has 1 aromatic heterocycles. The fraction of sp³-hybridized carbons (Fsp3) is 0.125. The van der Waals surface area contributed by atoms with Gasteiger partial charge in [-0.05, 0) is 30.5 Å². The molecule has 0 saturated carbocycles. The Morgan fingerprint density at radius 2 is 2.00 bits per heavy atom. The number of thiazole rings is 1. The van der Waals surface area contributed by atoms with E-state index in [1.165, 1.54) is 28.5 Å². The van der Waals surface area contributed by atoms with Crippen molar-refractivity contribution in [1.29, 1.82) is 0 Å². The van der Waals surface area contributed by atoms with Gasteiger partial charge < -0.3 is 0 Å². The molecule has 1 N–H and O–H groups in total. The van der Waals surface area contributed by atoms with Gasteiger partial charge in [0.25, 0.3) is 0 Å². The van der Waals surface area contributed by atoms with Gasteiger partial charge in [0.2, 0.25) is 5.13 Å². The van der Waals surface area contributed by atoms with Crippen LogP contribution >= 0.6 is 11.3 Å². The fourth-order valence-corrected chi connectivity index (χ4v) is 3.41. The first kappa shape index (κ1) is 12.5. The second-order valence-corrected chi connectivity index (χ2v) is 5.93. The van der Waals surface area contributed by atoms with Crippen LogP contribution in [0.1, 0.15) is 17.5 Å². The largest absolute Gasteiger partial charge is 0.252 e. The first-order valence-electron chi connectivity index (χ1n) is 6.77. The Kier molecular flexibility index (Phi) is 2.93. The third-order valence-corrected chi connectivity index (χ3v) is 4.60. The van der Waals surface area contributed by atoms with Crippen molar-refractivity contribution in [2.45, 2.75) is 12.8 Å². The van der Waals surface area contributed by atoms with E-state index in [1.54, 1.807) is 12.1 Å². The number of hydrogen-bond donors (Lipinski definition) is 1. The van der Waals surface area contributed by atoms with Gasteiger partial charge in [0.1, 0.15) is 5.82 Å². The summed E-state index contributed by atoms with van der Waals surface area (Å²) in [5, 5.41) is 5.07. The van der Waals surface area contributed by atoms with Crippen molar-refractivity contribution < 1.29 is 4.39 Å². The molecule has 1 aliphatic rings.